The zero-order valence-electron chi connectivity index (χ0n) is 19.4. The minimum absolute atomic E-state index is 0.106. The number of anilines is 1. The van der Waals surface area contributed by atoms with Crippen LogP contribution in [0.5, 0.6) is 11.5 Å². The predicted molar refractivity (Wildman–Crippen MR) is 118 cm³/mol. The van der Waals surface area contributed by atoms with Gasteiger partial charge in [0.2, 0.25) is 6.79 Å². The smallest absolute Gasteiger partial charge is 0.417 e. The fourth-order valence-electron chi connectivity index (χ4n) is 7.53. The van der Waals surface area contributed by atoms with Crippen LogP contribution in [0.1, 0.15) is 24.8 Å². The zero-order chi connectivity index (χ0) is 24.8. The summed E-state index contributed by atoms with van der Waals surface area (Å²) in [6.45, 7) is 1.00. The van der Waals surface area contributed by atoms with Gasteiger partial charge >= 0.3 is 18.0 Å². The lowest BCUT2D eigenvalue weighted by atomic mass is 9.47. The highest BCUT2D eigenvalue weighted by Crippen LogP contribution is 2.68. The molecule has 4 aliphatic heterocycles. The van der Waals surface area contributed by atoms with Gasteiger partial charge in [0.25, 0.3) is 5.72 Å². The molecule has 5 aliphatic rings. The Bertz CT molecular complexity index is 1180. The second-order valence-electron chi connectivity index (χ2n) is 9.75. The number of hydrogen-bond acceptors (Lipinski definition) is 9. The van der Waals surface area contributed by atoms with Crippen LogP contribution in [-0.4, -0.2) is 79.0 Å². The van der Waals surface area contributed by atoms with Crippen molar-refractivity contribution in [3.63, 3.8) is 0 Å². The second kappa shape index (κ2) is 7.11. The van der Waals surface area contributed by atoms with Gasteiger partial charge < -0.3 is 29.2 Å². The number of carbonyl (C=O) groups excluding carboxylic acids is 2. The third-order valence-electron chi connectivity index (χ3n) is 8.68. The summed E-state index contributed by atoms with van der Waals surface area (Å²) in [6, 6.07) is 2.96. The van der Waals surface area contributed by atoms with Crippen molar-refractivity contribution in [1.82, 2.24) is 4.90 Å². The van der Waals surface area contributed by atoms with Crippen LogP contribution in [-0.2, 0) is 24.5 Å². The normalized spacial score (nSPS) is 36.1. The van der Waals surface area contributed by atoms with Crippen LogP contribution < -0.4 is 14.4 Å². The summed E-state index contributed by atoms with van der Waals surface area (Å²) < 4.78 is 21.4. The number of amides is 1. The molecular weight excluding hydrogens is 460 g/mol. The van der Waals surface area contributed by atoms with Gasteiger partial charge in [0, 0.05) is 23.9 Å². The number of fused-ring (bicyclic) bond motifs is 3. The molecule has 0 bridgehead atoms. The van der Waals surface area contributed by atoms with Crippen molar-refractivity contribution in [2.45, 2.75) is 36.4 Å². The van der Waals surface area contributed by atoms with Gasteiger partial charge in [-0.15, -0.1) is 0 Å². The molecule has 2 fully saturated rings. The van der Waals surface area contributed by atoms with Crippen LogP contribution in [0.4, 0.5) is 10.5 Å². The summed E-state index contributed by atoms with van der Waals surface area (Å²) >= 11 is 0. The number of aliphatic carboxylic acids is 1. The Hall–Kier alpha value is -3.31. The molecule has 186 valence electrons. The number of rotatable bonds is 2. The van der Waals surface area contributed by atoms with Crippen molar-refractivity contribution >= 4 is 23.7 Å². The average Bonchev–Trinajstić information content (AvgIpc) is 3.50. The standard InChI is InChI=1S/C24H26N2O9/c1-32-20(29)24(31)15-6-8-22(19(27)28)7-3-10-25-11-9-23(15,18(22)25)13-4-5-14-17(35-12-34-14)16(13)26(24)21(30)33-2/h3-5,7,15,18,31H,6,8-12H2,1-2H3,(H,27,28)/t15-,18-,22-,23-,24-/m0/s1. The van der Waals surface area contributed by atoms with Gasteiger partial charge in [0.1, 0.15) is 11.1 Å². The molecule has 1 aromatic rings. The first-order chi connectivity index (χ1) is 16.8. The van der Waals surface area contributed by atoms with E-state index in [0.29, 0.717) is 30.8 Å². The fraction of sp³-hybridized carbons (Fsp3) is 0.542. The Labute approximate surface area is 200 Å². The number of ether oxygens (including phenoxy) is 4. The van der Waals surface area contributed by atoms with E-state index in [0.717, 1.165) is 19.1 Å². The summed E-state index contributed by atoms with van der Waals surface area (Å²) in [7, 11) is 2.30. The number of carboxylic acids is 1. The van der Waals surface area contributed by atoms with E-state index in [2.05, 4.69) is 4.90 Å². The summed E-state index contributed by atoms with van der Waals surface area (Å²) in [5, 5.41) is 22.8. The molecule has 35 heavy (non-hydrogen) atoms. The Morgan fingerprint density at radius 2 is 1.94 bits per heavy atom. The van der Waals surface area contributed by atoms with Crippen molar-refractivity contribution in [2.24, 2.45) is 11.3 Å². The molecule has 5 atom stereocenters. The van der Waals surface area contributed by atoms with Crippen LogP contribution in [0, 0.1) is 11.3 Å². The van der Waals surface area contributed by atoms with E-state index in [-0.39, 0.29) is 31.1 Å². The minimum Gasteiger partial charge on any atom is -0.481 e. The lowest BCUT2D eigenvalue weighted by molar-refractivity contribution is -0.183. The van der Waals surface area contributed by atoms with Gasteiger partial charge in [-0.2, -0.15) is 0 Å². The molecule has 1 aromatic carbocycles. The van der Waals surface area contributed by atoms with Gasteiger partial charge in [-0.05, 0) is 37.4 Å². The monoisotopic (exact) mass is 486 g/mol. The maximum absolute atomic E-state index is 13.4. The van der Waals surface area contributed by atoms with Crippen molar-refractivity contribution < 1.29 is 43.5 Å². The third kappa shape index (κ3) is 2.40. The Morgan fingerprint density at radius 3 is 2.66 bits per heavy atom. The lowest BCUT2D eigenvalue weighted by Gasteiger charge is -2.62. The molecule has 6 rings (SSSR count). The highest BCUT2D eigenvalue weighted by atomic mass is 16.7. The first-order valence-corrected chi connectivity index (χ1v) is 11.5. The summed E-state index contributed by atoms with van der Waals surface area (Å²) in [5.41, 5.74) is -3.90. The molecular formula is C24H26N2O9. The number of carbonyl (C=O) groups is 3. The molecule has 0 radical (unpaired) electrons. The number of benzene rings is 1. The predicted octanol–water partition coefficient (Wildman–Crippen LogP) is 1.23. The highest BCUT2D eigenvalue weighted by Gasteiger charge is 2.75. The van der Waals surface area contributed by atoms with Crippen LogP contribution in [0.3, 0.4) is 0 Å². The second-order valence-corrected chi connectivity index (χ2v) is 9.75. The van der Waals surface area contributed by atoms with Crippen LogP contribution in [0.25, 0.3) is 0 Å². The molecule has 0 unspecified atom stereocenters. The highest BCUT2D eigenvalue weighted by molar-refractivity contribution is 6.02. The van der Waals surface area contributed by atoms with Crippen molar-refractivity contribution in [1.29, 1.82) is 0 Å². The third-order valence-corrected chi connectivity index (χ3v) is 8.68. The van der Waals surface area contributed by atoms with Gasteiger partial charge in [-0.25, -0.2) is 14.5 Å². The summed E-state index contributed by atoms with van der Waals surface area (Å²) in [5.74, 6) is -2.30. The van der Waals surface area contributed by atoms with Crippen molar-refractivity contribution in [2.75, 3.05) is 39.0 Å². The van der Waals surface area contributed by atoms with Gasteiger partial charge in [0.05, 0.1) is 14.2 Å². The van der Waals surface area contributed by atoms with E-state index in [1.807, 2.05) is 6.08 Å². The van der Waals surface area contributed by atoms with Crippen LogP contribution in [0.2, 0.25) is 0 Å². The number of aliphatic hydroxyl groups is 1. The Balaban J connectivity index is 1.72. The maximum Gasteiger partial charge on any atom is 0.417 e. The van der Waals surface area contributed by atoms with Crippen molar-refractivity contribution in [3.8, 4) is 11.5 Å². The molecule has 1 saturated heterocycles. The van der Waals surface area contributed by atoms with Crippen LogP contribution >= 0.6 is 0 Å². The molecule has 4 heterocycles. The topological polar surface area (TPSA) is 135 Å². The van der Waals surface area contributed by atoms with Crippen molar-refractivity contribution in [3.05, 3.63) is 29.8 Å². The number of nitrogens with zero attached hydrogens (tertiary/aromatic N) is 2. The first kappa shape index (κ1) is 22.2. The number of methoxy groups -OCH3 is 2. The zero-order valence-corrected chi connectivity index (χ0v) is 19.4. The molecule has 1 amide bonds. The van der Waals surface area contributed by atoms with Crippen LogP contribution in [0.15, 0.2) is 24.3 Å². The number of carboxylic acid groups (broad SMARTS) is 1. The minimum atomic E-state index is -2.46. The Kier molecular flexibility index (Phi) is 4.50. The SMILES string of the molecule is COC(=O)N1c2c(ccc3c2OCO3)[C@@]23CCN4CC=C[C@](C(=O)O)(CC[C@@H]2[C@]1(O)C(=O)OC)[C@H]43. The molecule has 1 aliphatic carbocycles. The van der Waals surface area contributed by atoms with E-state index in [4.69, 9.17) is 18.9 Å². The van der Waals surface area contributed by atoms with E-state index >= 15 is 0 Å². The number of hydrogen-bond donors (Lipinski definition) is 2. The lowest BCUT2D eigenvalue weighted by Crippen LogP contribution is -2.75. The molecule has 2 N–H and O–H groups in total. The van der Waals surface area contributed by atoms with E-state index < -0.39 is 46.5 Å². The molecule has 1 spiro atoms. The molecule has 11 nitrogen and oxygen atoms in total. The largest absolute Gasteiger partial charge is 0.481 e. The fourth-order valence-corrected chi connectivity index (χ4v) is 7.53. The quantitative estimate of drug-likeness (QED) is 0.464. The maximum atomic E-state index is 13.4. The molecule has 11 heteroatoms. The number of esters is 1. The van der Waals surface area contributed by atoms with Gasteiger partial charge in [-0.3, -0.25) is 9.69 Å². The van der Waals surface area contributed by atoms with E-state index in [1.54, 1.807) is 18.2 Å². The van der Waals surface area contributed by atoms with Gasteiger partial charge in [0.15, 0.2) is 11.5 Å². The molecule has 0 aromatic heterocycles. The Morgan fingerprint density at radius 1 is 1.14 bits per heavy atom. The summed E-state index contributed by atoms with van der Waals surface area (Å²) in [6.07, 6.45) is 3.48. The van der Waals surface area contributed by atoms with E-state index in [1.165, 1.54) is 0 Å². The van der Waals surface area contributed by atoms with Gasteiger partial charge in [-0.1, -0.05) is 18.2 Å². The first-order valence-electron chi connectivity index (χ1n) is 11.5. The van der Waals surface area contributed by atoms with E-state index in [9.17, 15) is 24.6 Å². The average molecular weight is 486 g/mol. The summed E-state index contributed by atoms with van der Waals surface area (Å²) in [4.78, 5) is 42.4. The molecule has 1 saturated carbocycles.